The Morgan fingerprint density at radius 2 is 2.00 bits per heavy atom. The Labute approximate surface area is 107 Å². The Bertz CT molecular complexity index is 374. The highest BCUT2D eigenvalue weighted by molar-refractivity contribution is 6.31. The second-order valence-corrected chi connectivity index (χ2v) is 5.41. The number of nitrogens with two attached hydrogens (primary N) is 1. The summed E-state index contributed by atoms with van der Waals surface area (Å²) >= 11 is 6.06. The van der Waals surface area contributed by atoms with Gasteiger partial charge >= 0.3 is 0 Å². The summed E-state index contributed by atoms with van der Waals surface area (Å²) < 4.78 is 13.1. The summed E-state index contributed by atoms with van der Waals surface area (Å²) in [4.78, 5) is 0. The van der Waals surface area contributed by atoms with Gasteiger partial charge in [-0.1, -0.05) is 30.9 Å². The molecule has 0 aromatic heterocycles. The van der Waals surface area contributed by atoms with Gasteiger partial charge in [0, 0.05) is 11.1 Å². The van der Waals surface area contributed by atoms with Crippen molar-refractivity contribution in [3.63, 3.8) is 0 Å². The summed E-state index contributed by atoms with van der Waals surface area (Å²) in [5.74, 6) is 0.336. The van der Waals surface area contributed by atoms with Gasteiger partial charge in [0.1, 0.15) is 5.82 Å². The van der Waals surface area contributed by atoms with Crippen LogP contribution in [0.25, 0.3) is 0 Å². The van der Waals surface area contributed by atoms with E-state index in [0.29, 0.717) is 17.4 Å². The molecule has 0 amide bonds. The van der Waals surface area contributed by atoms with Gasteiger partial charge in [-0.25, -0.2) is 4.39 Å². The number of benzene rings is 1. The minimum Gasteiger partial charge on any atom is -0.327 e. The Morgan fingerprint density at radius 1 is 1.29 bits per heavy atom. The smallest absolute Gasteiger partial charge is 0.123 e. The number of rotatable bonds is 3. The van der Waals surface area contributed by atoms with E-state index in [0.717, 1.165) is 5.56 Å². The Kier molecular flexibility index (Phi) is 4.41. The fourth-order valence-corrected chi connectivity index (χ4v) is 2.88. The summed E-state index contributed by atoms with van der Waals surface area (Å²) in [5.41, 5.74) is 7.06. The lowest BCUT2D eigenvalue weighted by Crippen LogP contribution is -2.33. The maximum atomic E-state index is 13.1. The molecule has 1 nitrogen and oxygen atoms in total. The van der Waals surface area contributed by atoms with Crippen molar-refractivity contribution in [3.05, 3.63) is 34.6 Å². The summed E-state index contributed by atoms with van der Waals surface area (Å²) in [6.07, 6.45) is 6.96. The second kappa shape index (κ2) is 5.83. The van der Waals surface area contributed by atoms with Crippen LogP contribution in [0, 0.1) is 11.7 Å². The van der Waals surface area contributed by atoms with E-state index in [-0.39, 0.29) is 11.9 Å². The minimum atomic E-state index is -0.236. The quantitative estimate of drug-likeness (QED) is 0.870. The van der Waals surface area contributed by atoms with Crippen LogP contribution in [0.5, 0.6) is 0 Å². The third kappa shape index (κ3) is 3.43. The maximum Gasteiger partial charge on any atom is 0.123 e. The van der Waals surface area contributed by atoms with Crippen LogP contribution in [0.3, 0.4) is 0 Å². The summed E-state index contributed by atoms with van der Waals surface area (Å²) in [5, 5.41) is 0.623. The van der Waals surface area contributed by atoms with Crippen LogP contribution < -0.4 is 5.73 Å². The molecule has 1 aromatic carbocycles. The zero-order valence-corrected chi connectivity index (χ0v) is 10.7. The zero-order valence-electron chi connectivity index (χ0n) is 9.96. The molecule has 3 heteroatoms. The SMILES string of the molecule is NC(Cc1cc(F)ccc1Cl)C1CCCCC1. The molecule has 1 aliphatic rings. The van der Waals surface area contributed by atoms with Gasteiger partial charge in [0.2, 0.25) is 0 Å². The lowest BCUT2D eigenvalue weighted by Gasteiger charge is -2.27. The van der Waals surface area contributed by atoms with Crippen LogP contribution in [0.4, 0.5) is 4.39 Å². The summed E-state index contributed by atoms with van der Waals surface area (Å²) in [7, 11) is 0. The molecular formula is C14H19ClFN. The van der Waals surface area contributed by atoms with Gasteiger partial charge in [0.05, 0.1) is 0 Å². The monoisotopic (exact) mass is 255 g/mol. The first-order chi connectivity index (χ1) is 8.16. The third-order valence-electron chi connectivity index (χ3n) is 3.72. The summed E-state index contributed by atoms with van der Waals surface area (Å²) in [6, 6.07) is 4.61. The topological polar surface area (TPSA) is 26.0 Å². The van der Waals surface area contributed by atoms with Crippen LogP contribution in [0.2, 0.25) is 5.02 Å². The van der Waals surface area contributed by atoms with Gasteiger partial charge in [0.15, 0.2) is 0 Å². The fourth-order valence-electron chi connectivity index (χ4n) is 2.68. The molecule has 1 atom stereocenters. The average molecular weight is 256 g/mol. The van der Waals surface area contributed by atoms with E-state index in [1.807, 2.05) is 0 Å². The van der Waals surface area contributed by atoms with Crippen LogP contribution in [0.15, 0.2) is 18.2 Å². The van der Waals surface area contributed by atoms with Crippen molar-refractivity contribution < 1.29 is 4.39 Å². The molecule has 94 valence electrons. The average Bonchev–Trinajstić information content (AvgIpc) is 2.35. The van der Waals surface area contributed by atoms with Crippen LogP contribution >= 0.6 is 11.6 Å². The molecule has 1 aliphatic carbocycles. The van der Waals surface area contributed by atoms with Crippen LogP contribution in [-0.2, 0) is 6.42 Å². The molecule has 0 saturated heterocycles. The molecule has 17 heavy (non-hydrogen) atoms. The first kappa shape index (κ1) is 12.8. The van der Waals surface area contributed by atoms with Crippen LogP contribution in [-0.4, -0.2) is 6.04 Å². The molecule has 1 aromatic rings. The largest absolute Gasteiger partial charge is 0.327 e. The van der Waals surface area contributed by atoms with E-state index in [2.05, 4.69) is 0 Å². The van der Waals surface area contributed by atoms with Gasteiger partial charge in [0.25, 0.3) is 0 Å². The molecule has 1 fully saturated rings. The Balaban J connectivity index is 2.01. The molecule has 2 rings (SSSR count). The van der Waals surface area contributed by atoms with Crippen molar-refractivity contribution in [1.82, 2.24) is 0 Å². The van der Waals surface area contributed by atoms with Gasteiger partial charge in [-0.05, 0) is 48.9 Å². The first-order valence-corrected chi connectivity index (χ1v) is 6.74. The molecule has 0 radical (unpaired) electrons. The first-order valence-electron chi connectivity index (χ1n) is 6.36. The van der Waals surface area contributed by atoms with Gasteiger partial charge < -0.3 is 5.73 Å². The van der Waals surface area contributed by atoms with E-state index < -0.39 is 0 Å². The van der Waals surface area contributed by atoms with E-state index in [4.69, 9.17) is 17.3 Å². The third-order valence-corrected chi connectivity index (χ3v) is 4.09. The normalized spacial score (nSPS) is 19.2. The van der Waals surface area contributed by atoms with Crippen molar-refractivity contribution in [2.75, 3.05) is 0 Å². The Hall–Kier alpha value is -0.600. The minimum absolute atomic E-state index is 0.106. The van der Waals surface area contributed by atoms with Crippen molar-refractivity contribution in [2.45, 2.75) is 44.6 Å². The highest BCUT2D eigenvalue weighted by atomic mass is 35.5. The number of hydrogen-bond acceptors (Lipinski definition) is 1. The molecule has 0 heterocycles. The van der Waals surface area contributed by atoms with Gasteiger partial charge in [-0.2, -0.15) is 0 Å². The summed E-state index contributed by atoms with van der Waals surface area (Å²) in [6.45, 7) is 0. The Morgan fingerprint density at radius 3 is 2.71 bits per heavy atom. The van der Waals surface area contributed by atoms with E-state index >= 15 is 0 Å². The van der Waals surface area contributed by atoms with E-state index in [1.165, 1.54) is 44.2 Å². The second-order valence-electron chi connectivity index (χ2n) is 5.00. The molecule has 1 unspecified atom stereocenters. The van der Waals surface area contributed by atoms with Crippen molar-refractivity contribution in [2.24, 2.45) is 11.7 Å². The predicted octanol–water partition coefficient (Wildman–Crippen LogP) is 3.93. The lowest BCUT2D eigenvalue weighted by atomic mass is 9.82. The number of halogens is 2. The highest BCUT2D eigenvalue weighted by Gasteiger charge is 2.21. The van der Waals surface area contributed by atoms with Gasteiger partial charge in [-0.3, -0.25) is 0 Å². The molecule has 0 aliphatic heterocycles. The van der Waals surface area contributed by atoms with Crippen molar-refractivity contribution in [3.8, 4) is 0 Å². The predicted molar refractivity (Wildman–Crippen MR) is 69.7 cm³/mol. The molecule has 0 bridgehead atoms. The molecule has 2 N–H and O–H groups in total. The highest BCUT2D eigenvalue weighted by Crippen LogP contribution is 2.28. The molecule has 0 spiro atoms. The fraction of sp³-hybridized carbons (Fsp3) is 0.571. The molecule has 1 saturated carbocycles. The van der Waals surface area contributed by atoms with E-state index in [9.17, 15) is 4.39 Å². The van der Waals surface area contributed by atoms with Crippen LogP contribution in [0.1, 0.15) is 37.7 Å². The number of hydrogen-bond donors (Lipinski definition) is 1. The van der Waals surface area contributed by atoms with E-state index in [1.54, 1.807) is 6.07 Å². The zero-order chi connectivity index (χ0) is 12.3. The van der Waals surface area contributed by atoms with Crippen molar-refractivity contribution >= 4 is 11.6 Å². The lowest BCUT2D eigenvalue weighted by molar-refractivity contribution is 0.303. The standard InChI is InChI=1S/C14H19ClFN/c15-13-7-6-12(16)8-11(13)9-14(17)10-4-2-1-3-5-10/h6-8,10,14H,1-5,9,17H2. The van der Waals surface area contributed by atoms with Gasteiger partial charge in [-0.15, -0.1) is 0 Å². The van der Waals surface area contributed by atoms with Crippen molar-refractivity contribution in [1.29, 1.82) is 0 Å². The molecular weight excluding hydrogens is 237 g/mol. The maximum absolute atomic E-state index is 13.1.